The van der Waals surface area contributed by atoms with E-state index in [0.717, 1.165) is 0 Å². The fourth-order valence-corrected chi connectivity index (χ4v) is 1.40. The van der Waals surface area contributed by atoms with Crippen molar-refractivity contribution in [3.8, 4) is 0 Å². The Morgan fingerprint density at radius 1 is 1.50 bits per heavy atom. The average molecular weight is 199 g/mol. The van der Waals surface area contributed by atoms with Gasteiger partial charge in [0.05, 0.1) is 12.6 Å². The third-order valence-electron chi connectivity index (χ3n) is 2.24. The Balaban J connectivity index is 2.23. The SMILES string of the molecule is CC(C)C(=O)N1CC(NC(=O)CN)C1. The molecule has 0 saturated carbocycles. The van der Waals surface area contributed by atoms with Gasteiger partial charge in [0.1, 0.15) is 0 Å². The van der Waals surface area contributed by atoms with E-state index in [1.165, 1.54) is 0 Å². The van der Waals surface area contributed by atoms with Crippen molar-refractivity contribution in [2.24, 2.45) is 11.7 Å². The molecule has 0 aromatic heterocycles. The quantitative estimate of drug-likeness (QED) is 0.607. The molecule has 0 aliphatic carbocycles. The Kier molecular flexibility index (Phi) is 3.46. The molecule has 1 fully saturated rings. The predicted molar refractivity (Wildman–Crippen MR) is 52.4 cm³/mol. The maximum absolute atomic E-state index is 11.4. The zero-order valence-electron chi connectivity index (χ0n) is 8.62. The Hall–Kier alpha value is -1.10. The molecule has 0 radical (unpaired) electrons. The minimum Gasteiger partial charge on any atom is -0.349 e. The van der Waals surface area contributed by atoms with Gasteiger partial charge in [0.2, 0.25) is 11.8 Å². The number of nitrogens with two attached hydrogens (primary N) is 1. The number of likely N-dealkylation sites (tertiary alicyclic amines) is 1. The zero-order chi connectivity index (χ0) is 10.7. The Morgan fingerprint density at radius 2 is 2.07 bits per heavy atom. The highest BCUT2D eigenvalue weighted by molar-refractivity contribution is 5.81. The van der Waals surface area contributed by atoms with Gasteiger partial charge >= 0.3 is 0 Å². The van der Waals surface area contributed by atoms with Gasteiger partial charge in [-0.1, -0.05) is 13.8 Å². The average Bonchev–Trinajstić information content (AvgIpc) is 2.08. The van der Waals surface area contributed by atoms with Crippen molar-refractivity contribution >= 4 is 11.8 Å². The molecule has 14 heavy (non-hydrogen) atoms. The first kappa shape index (κ1) is 11.0. The molecular weight excluding hydrogens is 182 g/mol. The monoisotopic (exact) mass is 199 g/mol. The first-order chi connectivity index (χ1) is 6.54. The lowest BCUT2D eigenvalue weighted by Crippen LogP contribution is -2.62. The van der Waals surface area contributed by atoms with E-state index in [-0.39, 0.29) is 30.3 Å². The van der Waals surface area contributed by atoms with Crippen LogP contribution in [-0.2, 0) is 9.59 Å². The van der Waals surface area contributed by atoms with Crippen molar-refractivity contribution in [1.29, 1.82) is 0 Å². The molecular formula is C9H17N3O2. The molecule has 2 amide bonds. The van der Waals surface area contributed by atoms with Gasteiger partial charge in [-0.25, -0.2) is 0 Å². The molecule has 1 aliphatic heterocycles. The molecule has 5 heteroatoms. The number of amides is 2. The highest BCUT2D eigenvalue weighted by atomic mass is 16.2. The second-order valence-electron chi connectivity index (χ2n) is 3.87. The third-order valence-corrected chi connectivity index (χ3v) is 2.24. The molecule has 0 spiro atoms. The molecule has 3 N–H and O–H groups in total. The molecule has 80 valence electrons. The molecule has 1 heterocycles. The predicted octanol–water partition coefficient (Wildman–Crippen LogP) is -1.07. The van der Waals surface area contributed by atoms with Gasteiger partial charge in [-0.3, -0.25) is 9.59 Å². The lowest BCUT2D eigenvalue weighted by Gasteiger charge is -2.40. The fourth-order valence-electron chi connectivity index (χ4n) is 1.40. The van der Waals surface area contributed by atoms with Gasteiger partial charge in [-0.2, -0.15) is 0 Å². The number of carbonyl (C=O) groups is 2. The number of rotatable bonds is 3. The van der Waals surface area contributed by atoms with Crippen LogP contribution in [0, 0.1) is 5.92 Å². The lowest BCUT2D eigenvalue weighted by molar-refractivity contribution is -0.140. The van der Waals surface area contributed by atoms with Crippen molar-refractivity contribution in [2.75, 3.05) is 19.6 Å². The van der Waals surface area contributed by atoms with E-state index in [2.05, 4.69) is 5.32 Å². The number of nitrogens with one attached hydrogen (secondary N) is 1. The first-order valence-electron chi connectivity index (χ1n) is 4.82. The maximum atomic E-state index is 11.4. The summed E-state index contributed by atoms with van der Waals surface area (Å²) < 4.78 is 0. The van der Waals surface area contributed by atoms with E-state index in [9.17, 15) is 9.59 Å². The Morgan fingerprint density at radius 3 is 2.50 bits per heavy atom. The standard InChI is InChI=1S/C9H17N3O2/c1-6(2)9(14)12-4-7(5-12)11-8(13)3-10/h6-7H,3-5,10H2,1-2H3,(H,11,13). The van der Waals surface area contributed by atoms with Crippen LogP contribution in [0.5, 0.6) is 0 Å². The Labute approximate surface area is 83.6 Å². The van der Waals surface area contributed by atoms with Gasteiger partial charge < -0.3 is 16.0 Å². The zero-order valence-corrected chi connectivity index (χ0v) is 8.62. The van der Waals surface area contributed by atoms with E-state index < -0.39 is 0 Å². The van der Waals surface area contributed by atoms with Gasteiger partial charge in [-0.15, -0.1) is 0 Å². The minimum absolute atomic E-state index is 0.00856. The maximum Gasteiger partial charge on any atom is 0.234 e. The van der Waals surface area contributed by atoms with Crippen LogP contribution in [0.3, 0.4) is 0 Å². The highest BCUT2D eigenvalue weighted by Gasteiger charge is 2.32. The van der Waals surface area contributed by atoms with Crippen molar-refractivity contribution in [3.05, 3.63) is 0 Å². The summed E-state index contributed by atoms with van der Waals surface area (Å²) >= 11 is 0. The molecule has 1 aliphatic rings. The molecule has 0 bridgehead atoms. The van der Waals surface area contributed by atoms with Crippen LogP contribution in [0.25, 0.3) is 0 Å². The summed E-state index contributed by atoms with van der Waals surface area (Å²) in [7, 11) is 0. The second-order valence-corrected chi connectivity index (χ2v) is 3.87. The summed E-state index contributed by atoms with van der Waals surface area (Å²) in [5, 5.41) is 2.73. The lowest BCUT2D eigenvalue weighted by atomic mass is 10.1. The normalized spacial score (nSPS) is 16.7. The van der Waals surface area contributed by atoms with E-state index in [0.29, 0.717) is 13.1 Å². The summed E-state index contributed by atoms with van der Waals surface area (Å²) in [6, 6.07) is 0.0914. The summed E-state index contributed by atoms with van der Waals surface area (Å²) in [5.74, 6) is 0.0102. The van der Waals surface area contributed by atoms with Crippen LogP contribution >= 0.6 is 0 Å². The van der Waals surface area contributed by atoms with Crippen LogP contribution < -0.4 is 11.1 Å². The van der Waals surface area contributed by atoms with Gasteiger partial charge in [0, 0.05) is 19.0 Å². The van der Waals surface area contributed by atoms with Crippen LogP contribution in [0.1, 0.15) is 13.8 Å². The van der Waals surface area contributed by atoms with Crippen LogP contribution in [0.15, 0.2) is 0 Å². The molecule has 0 unspecified atom stereocenters. The van der Waals surface area contributed by atoms with Crippen molar-refractivity contribution in [3.63, 3.8) is 0 Å². The number of hydrogen-bond donors (Lipinski definition) is 2. The molecule has 1 saturated heterocycles. The van der Waals surface area contributed by atoms with Gasteiger partial charge in [0.25, 0.3) is 0 Å². The number of hydrogen-bond acceptors (Lipinski definition) is 3. The van der Waals surface area contributed by atoms with Crippen molar-refractivity contribution in [1.82, 2.24) is 10.2 Å². The van der Waals surface area contributed by atoms with Gasteiger partial charge in [-0.05, 0) is 0 Å². The van der Waals surface area contributed by atoms with E-state index in [1.54, 1.807) is 4.90 Å². The smallest absolute Gasteiger partial charge is 0.234 e. The summed E-state index contributed by atoms with van der Waals surface area (Å²) in [6.07, 6.45) is 0. The Bertz CT molecular complexity index is 234. The minimum atomic E-state index is -0.161. The molecule has 0 atom stereocenters. The number of carbonyl (C=O) groups excluding carboxylic acids is 2. The van der Waals surface area contributed by atoms with E-state index in [4.69, 9.17) is 5.73 Å². The summed E-state index contributed by atoms with van der Waals surface area (Å²) in [6.45, 7) is 4.97. The topological polar surface area (TPSA) is 75.4 Å². The number of nitrogens with zero attached hydrogens (tertiary/aromatic N) is 1. The second kappa shape index (κ2) is 4.41. The third kappa shape index (κ3) is 2.45. The summed E-state index contributed by atoms with van der Waals surface area (Å²) in [5.41, 5.74) is 5.15. The fraction of sp³-hybridized carbons (Fsp3) is 0.778. The highest BCUT2D eigenvalue weighted by Crippen LogP contribution is 2.11. The molecule has 0 aromatic carbocycles. The van der Waals surface area contributed by atoms with Crippen molar-refractivity contribution < 1.29 is 9.59 Å². The van der Waals surface area contributed by atoms with Gasteiger partial charge in [0.15, 0.2) is 0 Å². The molecule has 5 nitrogen and oxygen atoms in total. The van der Waals surface area contributed by atoms with Crippen LogP contribution in [0.4, 0.5) is 0 Å². The van der Waals surface area contributed by atoms with Crippen LogP contribution in [-0.4, -0.2) is 42.4 Å². The van der Waals surface area contributed by atoms with Crippen molar-refractivity contribution in [2.45, 2.75) is 19.9 Å². The van der Waals surface area contributed by atoms with Crippen LogP contribution in [0.2, 0.25) is 0 Å². The summed E-state index contributed by atoms with van der Waals surface area (Å²) in [4.78, 5) is 24.0. The molecule has 0 aromatic rings. The largest absolute Gasteiger partial charge is 0.349 e. The molecule has 1 rings (SSSR count). The van der Waals surface area contributed by atoms with E-state index >= 15 is 0 Å². The first-order valence-corrected chi connectivity index (χ1v) is 4.82. The van der Waals surface area contributed by atoms with E-state index in [1.807, 2.05) is 13.8 Å².